The minimum atomic E-state index is 0.862. The van der Waals surface area contributed by atoms with Crippen LogP contribution in [-0.4, -0.2) is 6.54 Å². The Morgan fingerprint density at radius 3 is 1.75 bits per heavy atom. The molecule has 0 unspecified atom stereocenters. The first-order valence-corrected chi connectivity index (χ1v) is 7.27. The van der Waals surface area contributed by atoms with Gasteiger partial charge in [-0.25, -0.2) is 0 Å². The fourth-order valence-corrected chi connectivity index (χ4v) is 1.86. The Bertz CT molecular complexity index is 140. The highest BCUT2D eigenvalue weighted by molar-refractivity contribution is 4.81. The Morgan fingerprint density at radius 1 is 0.688 bits per heavy atom. The van der Waals surface area contributed by atoms with Gasteiger partial charge in [-0.3, -0.25) is 0 Å². The highest BCUT2D eigenvalue weighted by Gasteiger charge is 1.89. The quantitative estimate of drug-likeness (QED) is 0.374. The molecule has 1 nitrogen and oxygen atoms in total. The van der Waals surface area contributed by atoms with Crippen LogP contribution in [0.4, 0.5) is 0 Å². The molecule has 0 saturated carbocycles. The van der Waals surface area contributed by atoms with E-state index in [-0.39, 0.29) is 0 Å². The molecule has 96 valence electrons. The molecule has 2 N–H and O–H groups in total. The smallest absolute Gasteiger partial charge is 0.00773 e. The first-order valence-electron chi connectivity index (χ1n) is 7.27. The van der Waals surface area contributed by atoms with Gasteiger partial charge in [0.25, 0.3) is 0 Å². The van der Waals surface area contributed by atoms with Gasteiger partial charge in [-0.2, -0.15) is 0 Å². The summed E-state index contributed by atoms with van der Waals surface area (Å²) in [5.41, 5.74) is 5.45. The monoisotopic (exact) mass is 225 g/mol. The van der Waals surface area contributed by atoms with Crippen LogP contribution in [0.3, 0.4) is 0 Å². The van der Waals surface area contributed by atoms with E-state index in [0.29, 0.717) is 0 Å². The summed E-state index contributed by atoms with van der Waals surface area (Å²) in [7, 11) is 0. The molecule has 0 amide bonds. The Kier molecular flexibility index (Phi) is 14.4. The summed E-state index contributed by atoms with van der Waals surface area (Å²) in [6.45, 7) is 3.12. The average molecular weight is 225 g/mol. The third-order valence-corrected chi connectivity index (χ3v) is 2.97. The molecular formula is C15H31N. The molecule has 0 rings (SSSR count). The number of nitrogens with two attached hydrogens (primary N) is 1. The minimum Gasteiger partial charge on any atom is -0.330 e. The summed E-state index contributed by atoms with van der Waals surface area (Å²) in [6, 6.07) is 0. The molecule has 0 spiro atoms. The van der Waals surface area contributed by atoms with Crippen LogP contribution < -0.4 is 5.73 Å². The number of rotatable bonds is 12. The molecule has 0 radical (unpaired) electrons. The van der Waals surface area contributed by atoms with Crippen molar-refractivity contribution in [2.45, 2.75) is 77.6 Å². The predicted molar refractivity (Wildman–Crippen MR) is 74.7 cm³/mol. The zero-order valence-corrected chi connectivity index (χ0v) is 11.2. The van der Waals surface area contributed by atoms with E-state index < -0.39 is 0 Å². The first-order chi connectivity index (χ1) is 7.91. The molecule has 0 aromatic carbocycles. The Hall–Kier alpha value is -0.300. The van der Waals surface area contributed by atoms with E-state index in [9.17, 15) is 0 Å². The van der Waals surface area contributed by atoms with Gasteiger partial charge in [0.2, 0.25) is 0 Å². The van der Waals surface area contributed by atoms with Gasteiger partial charge in [0, 0.05) is 0 Å². The highest BCUT2D eigenvalue weighted by Crippen LogP contribution is 2.07. The van der Waals surface area contributed by atoms with Crippen molar-refractivity contribution in [1.29, 1.82) is 0 Å². The van der Waals surface area contributed by atoms with Crippen molar-refractivity contribution in [3.8, 4) is 0 Å². The van der Waals surface area contributed by atoms with Gasteiger partial charge < -0.3 is 5.73 Å². The number of hydrogen-bond acceptors (Lipinski definition) is 1. The maximum absolute atomic E-state index is 5.45. The lowest BCUT2D eigenvalue weighted by molar-refractivity contribution is 0.600. The summed E-state index contributed by atoms with van der Waals surface area (Å²) < 4.78 is 0. The Balaban J connectivity index is 2.97. The van der Waals surface area contributed by atoms with Gasteiger partial charge >= 0.3 is 0 Å². The van der Waals surface area contributed by atoms with Gasteiger partial charge in [0.1, 0.15) is 0 Å². The van der Waals surface area contributed by atoms with E-state index in [1.807, 2.05) is 0 Å². The standard InChI is InChI=1S/C15H31N/c1-2-3-4-5-6-7-8-9-10-11-12-13-14-15-16/h6-7H,2-5,8-16H2,1H3/b7-6-. The van der Waals surface area contributed by atoms with Crippen molar-refractivity contribution in [3.63, 3.8) is 0 Å². The van der Waals surface area contributed by atoms with Crippen LogP contribution in [0.2, 0.25) is 0 Å². The summed E-state index contributed by atoms with van der Waals surface area (Å²) in [4.78, 5) is 0. The van der Waals surface area contributed by atoms with Gasteiger partial charge in [0.15, 0.2) is 0 Å². The predicted octanol–water partition coefficient (Wildman–Crippen LogP) is 4.81. The second-order valence-corrected chi connectivity index (χ2v) is 4.67. The van der Waals surface area contributed by atoms with Crippen LogP contribution >= 0.6 is 0 Å². The van der Waals surface area contributed by atoms with Crippen LogP contribution in [0, 0.1) is 0 Å². The van der Waals surface area contributed by atoms with Crippen LogP contribution in [0.15, 0.2) is 12.2 Å². The summed E-state index contributed by atoms with van der Waals surface area (Å²) in [6.07, 6.45) is 19.4. The Morgan fingerprint density at radius 2 is 1.19 bits per heavy atom. The summed E-state index contributed by atoms with van der Waals surface area (Å²) in [5, 5.41) is 0. The van der Waals surface area contributed by atoms with Crippen molar-refractivity contribution in [3.05, 3.63) is 12.2 Å². The zero-order valence-electron chi connectivity index (χ0n) is 11.2. The molecule has 0 aromatic heterocycles. The molecule has 0 aliphatic heterocycles. The molecular weight excluding hydrogens is 194 g/mol. The second kappa shape index (κ2) is 14.7. The second-order valence-electron chi connectivity index (χ2n) is 4.67. The van der Waals surface area contributed by atoms with E-state index >= 15 is 0 Å². The molecule has 0 aliphatic rings. The third kappa shape index (κ3) is 13.7. The molecule has 0 atom stereocenters. The van der Waals surface area contributed by atoms with Crippen molar-refractivity contribution in [2.75, 3.05) is 6.54 Å². The van der Waals surface area contributed by atoms with Crippen molar-refractivity contribution < 1.29 is 0 Å². The highest BCUT2D eigenvalue weighted by atomic mass is 14.5. The van der Waals surface area contributed by atoms with Crippen molar-refractivity contribution in [2.24, 2.45) is 5.73 Å². The van der Waals surface area contributed by atoms with Crippen LogP contribution in [-0.2, 0) is 0 Å². The molecule has 0 bridgehead atoms. The molecule has 1 heteroatoms. The first kappa shape index (κ1) is 15.7. The molecule has 0 aromatic rings. The van der Waals surface area contributed by atoms with Crippen LogP contribution in [0.5, 0.6) is 0 Å². The molecule has 0 heterocycles. The fourth-order valence-electron chi connectivity index (χ4n) is 1.86. The van der Waals surface area contributed by atoms with Gasteiger partial charge in [0.05, 0.1) is 0 Å². The molecule has 0 fully saturated rings. The molecule has 0 saturated heterocycles. The van der Waals surface area contributed by atoms with Crippen LogP contribution in [0.1, 0.15) is 77.6 Å². The van der Waals surface area contributed by atoms with E-state index in [4.69, 9.17) is 5.73 Å². The lowest BCUT2D eigenvalue weighted by Gasteiger charge is -1.98. The normalized spacial score (nSPS) is 11.4. The van der Waals surface area contributed by atoms with Crippen molar-refractivity contribution >= 4 is 0 Å². The summed E-state index contributed by atoms with van der Waals surface area (Å²) >= 11 is 0. The minimum absolute atomic E-state index is 0.862. The molecule has 0 aliphatic carbocycles. The van der Waals surface area contributed by atoms with E-state index in [2.05, 4.69) is 19.1 Å². The van der Waals surface area contributed by atoms with Gasteiger partial charge in [-0.05, 0) is 38.6 Å². The average Bonchev–Trinajstić information content (AvgIpc) is 2.31. The molecule has 16 heavy (non-hydrogen) atoms. The lowest BCUT2D eigenvalue weighted by atomic mass is 10.1. The van der Waals surface area contributed by atoms with Gasteiger partial charge in [-0.15, -0.1) is 0 Å². The third-order valence-electron chi connectivity index (χ3n) is 2.97. The van der Waals surface area contributed by atoms with E-state index in [0.717, 1.165) is 6.54 Å². The number of unbranched alkanes of at least 4 members (excludes halogenated alkanes) is 9. The van der Waals surface area contributed by atoms with Gasteiger partial charge in [-0.1, -0.05) is 57.6 Å². The topological polar surface area (TPSA) is 26.0 Å². The Labute approximate surface area is 102 Å². The SMILES string of the molecule is CCCCC/C=C\CCCCCCCCN. The van der Waals surface area contributed by atoms with Crippen LogP contribution in [0.25, 0.3) is 0 Å². The van der Waals surface area contributed by atoms with E-state index in [1.54, 1.807) is 0 Å². The lowest BCUT2D eigenvalue weighted by Crippen LogP contribution is -1.97. The largest absolute Gasteiger partial charge is 0.330 e. The zero-order chi connectivity index (χ0) is 11.9. The van der Waals surface area contributed by atoms with E-state index in [1.165, 1.54) is 70.6 Å². The van der Waals surface area contributed by atoms with Crippen molar-refractivity contribution in [1.82, 2.24) is 0 Å². The number of allylic oxidation sites excluding steroid dienone is 2. The maximum atomic E-state index is 5.45. The maximum Gasteiger partial charge on any atom is -0.00773 e. The fraction of sp³-hybridized carbons (Fsp3) is 0.867. The summed E-state index contributed by atoms with van der Waals surface area (Å²) in [5.74, 6) is 0. The number of hydrogen-bond donors (Lipinski definition) is 1.